The summed E-state index contributed by atoms with van der Waals surface area (Å²) >= 11 is 3.10. The SMILES string of the molecule is Cc1nc(CNc2nc(-c3ccccc3)ns2)c(C)s1. The molecule has 102 valence electrons. The molecule has 0 aliphatic heterocycles. The minimum absolute atomic E-state index is 0.694. The normalized spacial score (nSPS) is 10.7. The van der Waals surface area contributed by atoms with Crippen molar-refractivity contribution in [2.45, 2.75) is 20.4 Å². The zero-order chi connectivity index (χ0) is 13.9. The highest BCUT2D eigenvalue weighted by Crippen LogP contribution is 2.22. The lowest BCUT2D eigenvalue weighted by atomic mass is 10.2. The molecule has 0 saturated heterocycles. The van der Waals surface area contributed by atoms with E-state index in [-0.39, 0.29) is 0 Å². The molecule has 0 aliphatic rings. The summed E-state index contributed by atoms with van der Waals surface area (Å²) in [7, 11) is 0. The third kappa shape index (κ3) is 2.86. The summed E-state index contributed by atoms with van der Waals surface area (Å²) in [5.41, 5.74) is 2.13. The third-order valence-electron chi connectivity index (χ3n) is 2.86. The quantitative estimate of drug-likeness (QED) is 0.794. The predicted octanol–water partition coefficient (Wildman–Crippen LogP) is 3.89. The Balaban J connectivity index is 1.70. The fourth-order valence-corrected chi connectivity index (χ4v) is 3.31. The molecule has 20 heavy (non-hydrogen) atoms. The smallest absolute Gasteiger partial charge is 0.203 e. The summed E-state index contributed by atoms with van der Waals surface area (Å²) in [5.74, 6) is 0.768. The molecule has 4 nitrogen and oxygen atoms in total. The lowest BCUT2D eigenvalue weighted by molar-refractivity contribution is 1.03. The van der Waals surface area contributed by atoms with Crippen LogP contribution < -0.4 is 5.32 Å². The Bertz CT molecular complexity index is 703. The molecule has 0 bridgehead atoms. The van der Waals surface area contributed by atoms with Crippen molar-refractivity contribution in [3.8, 4) is 11.4 Å². The van der Waals surface area contributed by atoms with E-state index in [0.29, 0.717) is 6.54 Å². The van der Waals surface area contributed by atoms with Crippen molar-refractivity contribution in [1.82, 2.24) is 14.3 Å². The minimum Gasteiger partial charge on any atom is -0.355 e. The molecule has 3 rings (SSSR count). The van der Waals surface area contributed by atoms with Crippen LogP contribution in [-0.4, -0.2) is 14.3 Å². The number of thiazole rings is 1. The first-order valence-electron chi connectivity index (χ1n) is 6.28. The molecular weight excluding hydrogens is 288 g/mol. The summed E-state index contributed by atoms with van der Waals surface area (Å²) in [6.45, 7) is 4.82. The number of benzene rings is 1. The number of hydrogen-bond donors (Lipinski definition) is 1. The molecule has 1 aromatic carbocycles. The van der Waals surface area contributed by atoms with E-state index < -0.39 is 0 Å². The maximum Gasteiger partial charge on any atom is 0.203 e. The first-order chi connectivity index (χ1) is 9.72. The van der Waals surface area contributed by atoms with E-state index in [2.05, 4.69) is 26.6 Å². The van der Waals surface area contributed by atoms with Gasteiger partial charge in [0.15, 0.2) is 5.82 Å². The standard InChI is InChI=1S/C14H14N4S2/c1-9-12(16-10(2)19-9)8-15-14-17-13(18-20-14)11-6-4-3-5-7-11/h3-7H,8H2,1-2H3,(H,15,17,18). The van der Waals surface area contributed by atoms with Crippen LogP contribution in [0.5, 0.6) is 0 Å². The molecule has 6 heteroatoms. The summed E-state index contributed by atoms with van der Waals surface area (Å²) in [6, 6.07) is 10.00. The van der Waals surface area contributed by atoms with Gasteiger partial charge in [0.05, 0.1) is 17.2 Å². The average molecular weight is 302 g/mol. The number of rotatable bonds is 4. The van der Waals surface area contributed by atoms with E-state index in [1.807, 2.05) is 37.3 Å². The van der Waals surface area contributed by atoms with Gasteiger partial charge in [0.1, 0.15) is 0 Å². The highest BCUT2D eigenvalue weighted by Gasteiger charge is 2.08. The van der Waals surface area contributed by atoms with Crippen LogP contribution in [0.1, 0.15) is 15.6 Å². The highest BCUT2D eigenvalue weighted by molar-refractivity contribution is 7.11. The fourth-order valence-electron chi connectivity index (χ4n) is 1.90. The molecule has 0 fully saturated rings. The Morgan fingerprint density at radius 2 is 1.90 bits per heavy atom. The van der Waals surface area contributed by atoms with Gasteiger partial charge in [-0.1, -0.05) is 30.3 Å². The zero-order valence-corrected chi connectivity index (χ0v) is 12.9. The minimum atomic E-state index is 0.694. The van der Waals surface area contributed by atoms with E-state index >= 15 is 0 Å². The molecule has 0 saturated carbocycles. The van der Waals surface area contributed by atoms with Crippen molar-refractivity contribution >= 4 is 28.0 Å². The monoisotopic (exact) mass is 302 g/mol. The second-order valence-corrected chi connectivity index (χ2v) is 6.54. The number of nitrogens with one attached hydrogen (secondary N) is 1. The third-order valence-corrected chi connectivity index (χ3v) is 4.47. The topological polar surface area (TPSA) is 50.7 Å². The molecule has 0 spiro atoms. The van der Waals surface area contributed by atoms with E-state index in [4.69, 9.17) is 0 Å². The van der Waals surface area contributed by atoms with Gasteiger partial charge < -0.3 is 5.32 Å². The molecule has 2 heterocycles. The second-order valence-electron chi connectivity index (χ2n) is 4.38. The summed E-state index contributed by atoms with van der Waals surface area (Å²) < 4.78 is 4.38. The van der Waals surface area contributed by atoms with Crippen molar-refractivity contribution in [3.63, 3.8) is 0 Å². The van der Waals surface area contributed by atoms with Crippen LogP contribution in [0.2, 0.25) is 0 Å². The molecule has 2 aromatic heterocycles. The number of aromatic nitrogens is 3. The fraction of sp³-hybridized carbons (Fsp3) is 0.214. The molecule has 0 unspecified atom stereocenters. The van der Waals surface area contributed by atoms with Gasteiger partial charge in [-0.05, 0) is 13.8 Å². The van der Waals surface area contributed by atoms with Crippen LogP contribution in [-0.2, 0) is 6.54 Å². The average Bonchev–Trinajstić information content (AvgIpc) is 3.04. The number of anilines is 1. The van der Waals surface area contributed by atoms with Gasteiger partial charge in [-0.25, -0.2) is 4.98 Å². The van der Waals surface area contributed by atoms with Crippen LogP contribution >= 0.6 is 22.9 Å². The van der Waals surface area contributed by atoms with Gasteiger partial charge in [0, 0.05) is 22.0 Å². The highest BCUT2D eigenvalue weighted by atomic mass is 32.1. The van der Waals surface area contributed by atoms with E-state index in [1.165, 1.54) is 16.4 Å². The predicted molar refractivity (Wildman–Crippen MR) is 84.3 cm³/mol. The molecule has 0 radical (unpaired) electrons. The van der Waals surface area contributed by atoms with Gasteiger partial charge in [-0.3, -0.25) is 0 Å². The van der Waals surface area contributed by atoms with Crippen LogP contribution in [0.15, 0.2) is 30.3 Å². The van der Waals surface area contributed by atoms with Crippen LogP contribution in [0.3, 0.4) is 0 Å². The number of hydrogen-bond acceptors (Lipinski definition) is 6. The van der Waals surface area contributed by atoms with E-state index in [1.54, 1.807) is 11.3 Å². The molecular formula is C14H14N4S2. The van der Waals surface area contributed by atoms with Gasteiger partial charge in [0.2, 0.25) is 5.13 Å². The first-order valence-corrected chi connectivity index (χ1v) is 7.87. The Labute approximate surface area is 125 Å². The Morgan fingerprint density at radius 1 is 1.10 bits per heavy atom. The van der Waals surface area contributed by atoms with Crippen LogP contribution in [0, 0.1) is 13.8 Å². The summed E-state index contributed by atoms with van der Waals surface area (Å²) in [6.07, 6.45) is 0. The van der Waals surface area contributed by atoms with Gasteiger partial charge >= 0.3 is 0 Å². The Kier molecular flexibility index (Phi) is 3.75. The zero-order valence-electron chi connectivity index (χ0n) is 11.3. The number of nitrogens with zero attached hydrogens (tertiary/aromatic N) is 3. The van der Waals surface area contributed by atoms with E-state index in [9.17, 15) is 0 Å². The first kappa shape index (κ1) is 13.2. The Hall–Kier alpha value is -1.79. The van der Waals surface area contributed by atoms with Crippen molar-refractivity contribution in [1.29, 1.82) is 0 Å². The van der Waals surface area contributed by atoms with Gasteiger partial charge in [-0.15, -0.1) is 11.3 Å². The van der Waals surface area contributed by atoms with Crippen molar-refractivity contribution < 1.29 is 0 Å². The van der Waals surface area contributed by atoms with Crippen molar-refractivity contribution in [2.24, 2.45) is 0 Å². The maximum atomic E-state index is 4.50. The van der Waals surface area contributed by atoms with Crippen molar-refractivity contribution in [2.75, 3.05) is 5.32 Å². The van der Waals surface area contributed by atoms with Crippen LogP contribution in [0.4, 0.5) is 5.13 Å². The van der Waals surface area contributed by atoms with Gasteiger partial charge in [-0.2, -0.15) is 9.36 Å². The lowest BCUT2D eigenvalue weighted by Crippen LogP contribution is -2.00. The maximum absolute atomic E-state index is 4.50. The van der Waals surface area contributed by atoms with E-state index in [0.717, 1.165) is 27.2 Å². The second kappa shape index (κ2) is 5.68. The van der Waals surface area contributed by atoms with Crippen molar-refractivity contribution in [3.05, 3.63) is 45.9 Å². The van der Waals surface area contributed by atoms with Gasteiger partial charge in [0.25, 0.3) is 0 Å². The molecule has 0 atom stereocenters. The van der Waals surface area contributed by atoms with Crippen LogP contribution in [0.25, 0.3) is 11.4 Å². The largest absolute Gasteiger partial charge is 0.355 e. The molecule has 0 aliphatic carbocycles. The molecule has 3 aromatic rings. The Morgan fingerprint density at radius 3 is 2.60 bits per heavy atom. The molecule has 1 N–H and O–H groups in total. The summed E-state index contributed by atoms with van der Waals surface area (Å²) in [4.78, 5) is 10.3. The summed E-state index contributed by atoms with van der Waals surface area (Å²) in [5, 5.41) is 5.22. The number of aryl methyl sites for hydroxylation is 2. The molecule has 0 amide bonds. The lowest BCUT2D eigenvalue weighted by Gasteiger charge is -1.99.